The summed E-state index contributed by atoms with van der Waals surface area (Å²) in [6.45, 7) is 9.51. The van der Waals surface area contributed by atoms with E-state index >= 15 is 0 Å². The van der Waals surface area contributed by atoms with Crippen molar-refractivity contribution < 1.29 is 71.4 Å². The van der Waals surface area contributed by atoms with E-state index in [0.717, 1.165) is 11.1 Å². The van der Waals surface area contributed by atoms with Crippen LogP contribution in [0.3, 0.4) is 0 Å². The average molecular weight is 1230 g/mol. The monoisotopic (exact) mass is 1230 g/mol. The van der Waals surface area contributed by atoms with Crippen LogP contribution >= 0.6 is 0 Å². The van der Waals surface area contributed by atoms with Crippen LogP contribution in [-0.2, 0) is 79.8 Å². The Kier molecular flexibility index (Phi) is 33.6. The lowest BCUT2D eigenvalue weighted by Crippen LogP contribution is -2.59. The first-order valence-corrected chi connectivity index (χ1v) is 29.2. The Hall–Kier alpha value is -8.65. The van der Waals surface area contributed by atoms with E-state index in [0.29, 0.717) is 32.9 Å². The van der Waals surface area contributed by atoms with E-state index in [1.807, 2.05) is 26.0 Å². The van der Waals surface area contributed by atoms with Crippen LogP contribution in [0, 0.1) is 46.3 Å². The molecule has 0 spiro atoms. The maximum Gasteiger partial charge on any atom is 0.293 e. The number of nitrogens with one attached hydrogen (secondary N) is 8. The molecule has 12 N–H and O–H groups in total. The van der Waals surface area contributed by atoms with E-state index in [9.17, 15) is 61.9 Å². The third-order valence-electron chi connectivity index (χ3n) is 14.8. The Labute approximate surface area is 514 Å². The van der Waals surface area contributed by atoms with Gasteiger partial charge in [0.15, 0.2) is 11.6 Å². The molecule has 2 aromatic rings. The molecule has 0 aromatic heterocycles. The van der Waals surface area contributed by atoms with E-state index in [2.05, 4.69) is 31.9 Å². The zero-order chi connectivity index (χ0) is 66.2. The average Bonchev–Trinajstić information content (AvgIpc) is 2.57. The summed E-state index contributed by atoms with van der Waals surface area (Å²) in [6, 6.07) is 11.8. The van der Waals surface area contributed by atoms with Crippen molar-refractivity contribution in [1.29, 1.82) is 10.8 Å². The number of nitrogens with zero attached hydrogens (tertiary/aromatic N) is 2. The summed E-state index contributed by atoms with van der Waals surface area (Å²) in [6.07, 6.45) is 1.45. The highest BCUT2D eigenvalue weighted by molar-refractivity contribution is 5.99. The molecule has 26 nitrogen and oxygen atoms in total. The molecule has 2 aromatic carbocycles. The molecule has 0 aliphatic carbocycles. The molecule has 2 aliphatic heterocycles. The van der Waals surface area contributed by atoms with Crippen LogP contribution in [0.1, 0.15) is 104 Å². The summed E-state index contributed by atoms with van der Waals surface area (Å²) in [4.78, 5) is 158. The van der Waals surface area contributed by atoms with Crippen molar-refractivity contribution in [3.8, 4) is 0 Å². The lowest BCUT2D eigenvalue weighted by molar-refractivity contribution is -0.145. The van der Waals surface area contributed by atoms with Gasteiger partial charge in [-0.25, -0.2) is 0 Å². The van der Waals surface area contributed by atoms with Crippen LogP contribution < -0.4 is 43.4 Å². The second-order valence-electron chi connectivity index (χ2n) is 22.9. The molecule has 2 fully saturated rings. The number of likely N-dealkylation sites (N-methyl/N-ethyl adjacent to an activating group) is 2. The van der Waals surface area contributed by atoms with Gasteiger partial charge in [-0.2, -0.15) is 0 Å². The van der Waals surface area contributed by atoms with Gasteiger partial charge in [0.1, 0.15) is 49.5 Å². The summed E-state index contributed by atoms with van der Waals surface area (Å²) in [5.41, 5.74) is 12.5. The number of benzene rings is 2. The Morgan fingerprint density at radius 3 is 1.15 bits per heavy atom. The fraction of sp³-hybridized carbons (Fsp3) is 0.574. The lowest BCUT2D eigenvalue weighted by atomic mass is 9.96. The number of halogens is 1. The number of ketones is 2. The van der Waals surface area contributed by atoms with Crippen molar-refractivity contribution in [2.24, 2.45) is 47.0 Å². The van der Waals surface area contributed by atoms with Crippen molar-refractivity contribution in [3.05, 3.63) is 71.8 Å². The van der Waals surface area contributed by atoms with Gasteiger partial charge in [0.05, 0.1) is 43.8 Å². The fourth-order valence-corrected chi connectivity index (χ4v) is 10.3. The highest BCUT2D eigenvalue weighted by atomic mass is 18.2. The van der Waals surface area contributed by atoms with Crippen LogP contribution in [0.15, 0.2) is 60.7 Å². The van der Waals surface area contributed by atoms with Gasteiger partial charge in [0.2, 0.25) is 47.3 Å². The normalized spacial score (nSPS) is 22.9. The number of nitrogens with two attached hydrogens (primary N) is 2. The molecule has 4 rings (SSSR count). The molecule has 88 heavy (non-hydrogen) atoms. The number of carbonyl (C=O) groups is 12. The zero-order valence-corrected chi connectivity index (χ0v) is 51.9. The highest BCUT2D eigenvalue weighted by Gasteiger charge is 2.40. The fourth-order valence-electron chi connectivity index (χ4n) is 10.3. The molecule has 486 valence electrons. The number of rotatable bonds is 22. The Morgan fingerprint density at radius 1 is 0.534 bits per heavy atom. The Balaban J connectivity index is 0.000000584. The molecule has 2 heterocycles. The first-order chi connectivity index (χ1) is 41.7. The molecule has 0 saturated carbocycles. The first-order valence-electron chi connectivity index (χ1n) is 29.2. The Morgan fingerprint density at radius 2 is 0.852 bits per heavy atom. The number of hydrogen-bond acceptors (Lipinski definition) is 16. The summed E-state index contributed by atoms with van der Waals surface area (Å²) in [5, 5.41) is 31.1. The number of hydrogen-bond donors (Lipinski definition) is 10. The molecule has 27 heteroatoms. The molecule has 8 amide bonds. The number of carbonyl (C=O) groups excluding carboxylic acids is 12. The third-order valence-corrected chi connectivity index (χ3v) is 14.8. The van der Waals surface area contributed by atoms with Crippen molar-refractivity contribution in [2.45, 2.75) is 142 Å². The zero-order valence-electron chi connectivity index (χ0n) is 51.9. The van der Waals surface area contributed by atoms with Crippen LogP contribution in [0.4, 0.5) is 4.39 Å². The van der Waals surface area contributed by atoms with Crippen LogP contribution in [0.25, 0.3) is 0 Å². The Bertz CT molecular complexity index is 2510. The van der Waals surface area contributed by atoms with Gasteiger partial charge >= 0.3 is 0 Å². The number of ether oxygens (including phenoxy) is 2. The van der Waals surface area contributed by atoms with E-state index < -0.39 is 133 Å². The van der Waals surface area contributed by atoms with Gasteiger partial charge in [0.25, 0.3) is 12.9 Å². The van der Waals surface area contributed by atoms with Gasteiger partial charge in [0, 0.05) is 52.6 Å². The summed E-state index contributed by atoms with van der Waals surface area (Å²) in [5.74, 6) is -8.80. The standard InChI is InChI=1S/2C30H44N6O7.CH3F/c2*1-18(2)26-29(41)34-23(11-10-19(3)12-25(31)32)28(40)33-15-22(38)14-21(16-43-17-37)27(39)35-24(30(42)36(26)4)13-20-8-6-5-7-9-20;1-2/h2*5-9,17-19,21,23-24,26H,10-16H2,1-4H3,(H3,31,32)(H,33,40)(H,34,41)(H,35,39);1H3/t2*19?,21-,23-,24+,26-;/m00./s1/i;;2-1. The molecule has 2 saturated heterocycles. The van der Waals surface area contributed by atoms with Crippen LogP contribution in [0.5, 0.6) is 0 Å². The number of amides is 8. The van der Waals surface area contributed by atoms with Gasteiger partial charge < -0.3 is 62.6 Å². The van der Waals surface area contributed by atoms with E-state index in [-0.39, 0.29) is 86.8 Å². The van der Waals surface area contributed by atoms with Gasteiger partial charge in [-0.3, -0.25) is 72.7 Å². The number of alkyl halides is 1. The molecule has 0 bridgehead atoms. The predicted molar refractivity (Wildman–Crippen MR) is 324 cm³/mol. The minimum atomic E-state index is -1.11. The molecule has 10 atom stereocenters. The van der Waals surface area contributed by atoms with E-state index in [1.54, 1.807) is 76.2 Å². The van der Waals surface area contributed by atoms with Crippen molar-refractivity contribution in [1.82, 2.24) is 41.7 Å². The maximum absolute atomic E-state index is 13.9. The topological polar surface area (TPSA) is 402 Å². The summed E-state index contributed by atoms with van der Waals surface area (Å²) in [7, 11) is 3.44. The molecule has 0 radical (unpaired) electrons. The summed E-state index contributed by atoms with van der Waals surface area (Å²) < 4.78 is 19.1. The molecule has 2 aliphatic rings. The van der Waals surface area contributed by atoms with Crippen LogP contribution in [-0.4, -0.2) is 177 Å². The highest BCUT2D eigenvalue weighted by Crippen LogP contribution is 2.20. The number of amidine groups is 2. The molecule has 2 unspecified atom stereocenters. The van der Waals surface area contributed by atoms with Gasteiger partial charge in [-0.1, -0.05) is 102 Å². The molecular weight excluding hydrogens is 1140 g/mol. The quantitative estimate of drug-likeness (QED) is 0.0450. The minimum Gasteiger partial charge on any atom is -0.467 e. The smallest absolute Gasteiger partial charge is 0.293 e. The largest absolute Gasteiger partial charge is 0.467 e. The summed E-state index contributed by atoms with van der Waals surface area (Å²) >= 11 is 0. The maximum atomic E-state index is 13.9. The SMILES string of the molecule is CC(CC[C@@H]1NC(=O)[C@H](C(C)C)N(C)C(=O)[C@@H](Cc2ccccc2)NC(=O)[C@H](COC=O)CC(=O)CNC1=O)CC(=N)N.CC(CC[C@@H]1NC(=O)[C@H](C(C)C)N(C)C(=O)[C@@H](Cc2ccccc2)NC(=O)[C@H](COC=O)CC(=O)CNC1=O)CC(=N)N.C[18F]. The lowest BCUT2D eigenvalue weighted by Gasteiger charge is -2.34. The van der Waals surface area contributed by atoms with Crippen molar-refractivity contribution in [3.63, 3.8) is 0 Å². The van der Waals surface area contributed by atoms with Crippen molar-refractivity contribution in [2.75, 3.05) is 47.6 Å². The van der Waals surface area contributed by atoms with Gasteiger partial charge in [-0.05, 0) is 60.5 Å². The van der Waals surface area contributed by atoms with Crippen molar-refractivity contribution >= 4 is 83.4 Å². The minimum absolute atomic E-state index is 0.00925. The molecular formula is C61H91FN12O14. The first kappa shape index (κ1) is 75.4. The predicted octanol–water partition coefficient (Wildman–Crippen LogP) is 1.19. The third kappa shape index (κ3) is 26.1. The number of Topliss-reactive ketones (excluding diaryl/α,β-unsaturated/α-hetero) is 2. The second-order valence-corrected chi connectivity index (χ2v) is 22.9. The van der Waals surface area contributed by atoms with E-state index in [4.69, 9.17) is 31.8 Å². The van der Waals surface area contributed by atoms with Gasteiger partial charge in [-0.15, -0.1) is 0 Å². The van der Waals surface area contributed by atoms with E-state index in [1.165, 1.54) is 23.9 Å². The second kappa shape index (κ2) is 39.2. The van der Waals surface area contributed by atoms with Crippen LogP contribution in [0.2, 0.25) is 0 Å².